The Hall–Kier alpha value is -1.81. The van der Waals surface area contributed by atoms with E-state index >= 15 is 0 Å². The number of H-pyrrole nitrogens is 1. The van der Waals surface area contributed by atoms with Gasteiger partial charge in [-0.25, -0.2) is 4.98 Å². The molecule has 0 unspecified atom stereocenters. The largest absolute Gasteiger partial charge is 0.496 e. The lowest BCUT2D eigenvalue weighted by Crippen LogP contribution is -1.93. The number of hydrogen-bond donors (Lipinski definition) is 1. The number of benzene rings is 1. The van der Waals surface area contributed by atoms with Gasteiger partial charge >= 0.3 is 0 Å². The molecule has 1 heterocycles. The van der Waals surface area contributed by atoms with Gasteiger partial charge in [-0.1, -0.05) is 11.6 Å². The predicted octanol–water partition coefficient (Wildman–Crippen LogP) is 2.86. The second-order valence-corrected chi connectivity index (χ2v) is 3.99. The van der Waals surface area contributed by atoms with Crippen LogP contribution in [0.2, 0.25) is 5.02 Å². The fraction of sp³-hybridized carbons (Fsp3) is 0.167. The zero-order valence-electron chi connectivity index (χ0n) is 9.45. The molecule has 2 rings (SSSR count). The maximum Gasteiger partial charge on any atom is 0.168 e. The van der Waals surface area contributed by atoms with E-state index in [1.54, 1.807) is 13.2 Å². The second kappa shape index (κ2) is 4.59. The van der Waals surface area contributed by atoms with Gasteiger partial charge in [0.1, 0.15) is 17.1 Å². The zero-order chi connectivity index (χ0) is 12.4. The average Bonchev–Trinajstić information content (AvgIpc) is 2.80. The highest BCUT2D eigenvalue weighted by atomic mass is 35.5. The van der Waals surface area contributed by atoms with Crippen molar-refractivity contribution < 1.29 is 9.53 Å². The van der Waals surface area contributed by atoms with Crippen LogP contribution in [0.15, 0.2) is 18.5 Å². The van der Waals surface area contributed by atoms with Crippen molar-refractivity contribution in [2.24, 2.45) is 0 Å². The van der Waals surface area contributed by atoms with Crippen LogP contribution in [-0.2, 0) is 0 Å². The topological polar surface area (TPSA) is 55.0 Å². The van der Waals surface area contributed by atoms with Crippen molar-refractivity contribution in [3.8, 4) is 17.0 Å². The standard InChI is InChI=1S/C12H11ClN2O2/c1-7-3-11(17-2)8(4-9(7)13)12-10(5-16)14-6-15-12/h3-6H,1-2H3,(H,14,15). The molecule has 1 aromatic heterocycles. The number of aryl methyl sites for hydroxylation is 1. The lowest BCUT2D eigenvalue weighted by molar-refractivity contribution is 0.112. The molecule has 0 saturated heterocycles. The van der Waals surface area contributed by atoms with E-state index in [1.165, 1.54) is 6.33 Å². The number of aromatic nitrogens is 2. The Morgan fingerprint density at radius 3 is 2.88 bits per heavy atom. The van der Waals surface area contributed by atoms with Crippen LogP contribution in [0.25, 0.3) is 11.3 Å². The lowest BCUT2D eigenvalue weighted by Gasteiger charge is -2.09. The number of methoxy groups -OCH3 is 1. The zero-order valence-corrected chi connectivity index (χ0v) is 10.2. The molecule has 88 valence electrons. The molecule has 0 atom stereocenters. The number of ether oxygens (including phenoxy) is 1. The summed E-state index contributed by atoms with van der Waals surface area (Å²) < 4.78 is 5.28. The summed E-state index contributed by atoms with van der Waals surface area (Å²) in [6, 6.07) is 3.57. The highest BCUT2D eigenvalue weighted by molar-refractivity contribution is 6.31. The fourth-order valence-corrected chi connectivity index (χ4v) is 1.78. The normalized spacial score (nSPS) is 10.3. The number of carbonyl (C=O) groups excluding carboxylic acids is 1. The van der Waals surface area contributed by atoms with Gasteiger partial charge in [-0.15, -0.1) is 0 Å². The summed E-state index contributed by atoms with van der Waals surface area (Å²) in [6.07, 6.45) is 2.18. The summed E-state index contributed by atoms with van der Waals surface area (Å²) >= 11 is 6.07. The van der Waals surface area contributed by atoms with Crippen molar-refractivity contribution in [1.82, 2.24) is 9.97 Å². The highest BCUT2D eigenvalue weighted by Gasteiger charge is 2.14. The Morgan fingerprint density at radius 2 is 2.24 bits per heavy atom. The quantitative estimate of drug-likeness (QED) is 0.853. The summed E-state index contributed by atoms with van der Waals surface area (Å²) in [6.45, 7) is 1.89. The Balaban J connectivity index is 2.66. The average molecular weight is 251 g/mol. The van der Waals surface area contributed by atoms with E-state index < -0.39 is 0 Å². The number of halogens is 1. The maximum atomic E-state index is 10.9. The molecule has 4 nitrogen and oxygen atoms in total. The maximum absolute atomic E-state index is 10.9. The molecule has 17 heavy (non-hydrogen) atoms. The summed E-state index contributed by atoms with van der Waals surface area (Å²) in [7, 11) is 1.57. The number of rotatable bonds is 3. The number of hydrogen-bond acceptors (Lipinski definition) is 3. The molecular formula is C12H11ClN2O2. The fourth-order valence-electron chi connectivity index (χ4n) is 1.62. The van der Waals surface area contributed by atoms with E-state index in [0.29, 0.717) is 27.7 Å². The minimum atomic E-state index is 0.406. The van der Waals surface area contributed by atoms with Gasteiger partial charge in [-0.3, -0.25) is 4.79 Å². The Bertz CT molecular complexity index is 564. The van der Waals surface area contributed by atoms with Crippen LogP contribution in [0.4, 0.5) is 0 Å². The summed E-state index contributed by atoms with van der Waals surface area (Å²) in [5.41, 5.74) is 2.56. The molecule has 0 bridgehead atoms. The SMILES string of the molecule is COc1cc(C)c(Cl)cc1-c1nc[nH]c1C=O. The van der Waals surface area contributed by atoms with Gasteiger partial charge in [0.05, 0.1) is 13.4 Å². The van der Waals surface area contributed by atoms with Crippen LogP contribution in [0, 0.1) is 6.92 Å². The summed E-state index contributed by atoms with van der Waals surface area (Å²) in [5, 5.41) is 0.612. The number of nitrogens with zero attached hydrogens (tertiary/aromatic N) is 1. The minimum absolute atomic E-state index is 0.406. The van der Waals surface area contributed by atoms with E-state index in [4.69, 9.17) is 16.3 Å². The Morgan fingerprint density at radius 1 is 1.47 bits per heavy atom. The van der Waals surface area contributed by atoms with Crippen molar-refractivity contribution in [2.75, 3.05) is 7.11 Å². The van der Waals surface area contributed by atoms with Gasteiger partial charge < -0.3 is 9.72 Å². The van der Waals surface area contributed by atoms with Crippen molar-refractivity contribution in [1.29, 1.82) is 0 Å². The van der Waals surface area contributed by atoms with Gasteiger partial charge in [0, 0.05) is 10.6 Å². The van der Waals surface area contributed by atoms with Crippen LogP contribution >= 0.6 is 11.6 Å². The molecule has 0 aliphatic carbocycles. The molecule has 0 aliphatic heterocycles. The first kappa shape index (κ1) is 11.7. The smallest absolute Gasteiger partial charge is 0.168 e. The molecule has 5 heteroatoms. The van der Waals surface area contributed by atoms with Crippen LogP contribution in [-0.4, -0.2) is 23.4 Å². The highest BCUT2D eigenvalue weighted by Crippen LogP contribution is 2.34. The third-order valence-corrected chi connectivity index (χ3v) is 2.93. The summed E-state index contributed by atoms with van der Waals surface area (Å²) in [5.74, 6) is 0.641. The first-order valence-corrected chi connectivity index (χ1v) is 5.38. The molecule has 1 N–H and O–H groups in total. The van der Waals surface area contributed by atoms with Gasteiger partial charge in [0.15, 0.2) is 6.29 Å². The van der Waals surface area contributed by atoms with E-state index in [1.807, 2.05) is 13.0 Å². The van der Waals surface area contributed by atoms with Crippen molar-refractivity contribution in [2.45, 2.75) is 6.92 Å². The first-order valence-electron chi connectivity index (χ1n) is 5.00. The van der Waals surface area contributed by atoms with Gasteiger partial charge in [-0.2, -0.15) is 0 Å². The lowest BCUT2D eigenvalue weighted by atomic mass is 10.1. The summed E-state index contributed by atoms with van der Waals surface area (Å²) in [4.78, 5) is 17.7. The van der Waals surface area contributed by atoms with Crippen LogP contribution in [0.3, 0.4) is 0 Å². The predicted molar refractivity (Wildman–Crippen MR) is 65.7 cm³/mol. The van der Waals surface area contributed by atoms with Crippen LogP contribution in [0.5, 0.6) is 5.75 Å². The van der Waals surface area contributed by atoms with Crippen LogP contribution < -0.4 is 4.74 Å². The monoisotopic (exact) mass is 250 g/mol. The third kappa shape index (κ3) is 2.03. The number of nitrogens with one attached hydrogen (secondary N) is 1. The molecule has 0 radical (unpaired) electrons. The number of aromatic amines is 1. The number of imidazole rings is 1. The molecule has 0 spiro atoms. The minimum Gasteiger partial charge on any atom is -0.496 e. The van der Waals surface area contributed by atoms with E-state index in [0.717, 1.165) is 11.8 Å². The molecule has 0 fully saturated rings. The van der Waals surface area contributed by atoms with Gasteiger partial charge in [0.25, 0.3) is 0 Å². The van der Waals surface area contributed by atoms with E-state index in [9.17, 15) is 4.79 Å². The van der Waals surface area contributed by atoms with Gasteiger partial charge in [0.2, 0.25) is 0 Å². The second-order valence-electron chi connectivity index (χ2n) is 3.58. The molecule has 0 amide bonds. The van der Waals surface area contributed by atoms with Gasteiger partial charge in [-0.05, 0) is 24.6 Å². The van der Waals surface area contributed by atoms with E-state index in [2.05, 4.69) is 9.97 Å². The Kier molecular flexibility index (Phi) is 3.15. The molecular weight excluding hydrogens is 240 g/mol. The third-order valence-electron chi connectivity index (χ3n) is 2.52. The first-order chi connectivity index (χ1) is 8.17. The number of carbonyl (C=O) groups is 1. The Labute approximate surface area is 104 Å². The van der Waals surface area contributed by atoms with E-state index in [-0.39, 0.29) is 0 Å². The van der Waals surface area contributed by atoms with Crippen LogP contribution in [0.1, 0.15) is 16.1 Å². The molecule has 1 aromatic carbocycles. The molecule has 0 saturated carbocycles. The van der Waals surface area contributed by atoms with Crippen molar-refractivity contribution in [3.63, 3.8) is 0 Å². The van der Waals surface area contributed by atoms with Crippen molar-refractivity contribution >= 4 is 17.9 Å². The van der Waals surface area contributed by atoms with Crippen molar-refractivity contribution in [3.05, 3.63) is 34.7 Å². The number of aldehydes is 1. The molecule has 0 aliphatic rings. The molecule has 2 aromatic rings.